The average molecular weight is 322 g/mol. The number of rotatable bonds is 2. The van der Waals surface area contributed by atoms with E-state index in [1.165, 1.54) is 11.1 Å². The molecule has 120 valence electrons. The quantitative estimate of drug-likeness (QED) is 0.429. The van der Waals surface area contributed by atoms with E-state index in [0.717, 1.165) is 34.3 Å². The molecule has 1 heteroatoms. The third-order valence-electron chi connectivity index (χ3n) is 4.26. The number of aryl methyl sites for hydroxylation is 1. The highest BCUT2D eigenvalue weighted by atomic mass is 16.3. The minimum absolute atomic E-state index is 0.756. The molecule has 0 unspecified atom stereocenters. The monoisotopic (exact) mass is 322 g/mol. The molecule has 0 saturated heterocycles. The number of hydrogen-bond donors (Lipinski definition) is 0. The van der Waals surface area contributed by atoms with Gasteiger partial charge in [-0.2, -0.15) is 0 Å². The van der Waals surface area contributed by atoms with Crippen molar-refractivity contribution in [2.24, 2.45) is 0 Å². The maximum absolute atomic E-state index is 6.05. The summed E-state index contributed by atoms with van der Waals surface area (Å²) < 4.78 is 6.05. The van der Waals surface area contributed by atoms with Gasteiger partial charge in [0.2, 0.25) is 0 Å². The molecule has 0 bridgehead atoms. The minimum atomic E-state index is 0.756. The molecule has 1 nitrogen and oxygen atoms in total. The molecule has 0 aliphatic rings. The largest absolute Gasteiger partial charge is 0.447 e. The summed E-state index contributed by atoms with van der Waals surface area (Å²) in [5.74, 6) is 7.25. The zero-order valence-electron chi connectivity index (χ0n) is 14.1. The fourth-order valence-corrected chi connectivity index (χ4v) is 3.03. The maximum atomic E-state index is 6.05. The van der Waals surface area contributed by atoms with Gasteiger partial charge in [0.15, 0.2) is 5.76 Å². The molecule has 4 aromatic rings. The van der Waals surface area contributed by atoms with Crippen LogP contribution in [0, 0.1) is 18.8 Å². The third-order valence-corrected chi connectivity index (χ3v) is 4.26. The minimum Gasteiger partial charge on any atom is -0.447 e. The first-order valence-electron chi connectivity index (χ1n) is 8.42. The van der Waals surface area contributed by atoms with Crippen molar-refractivity contribution in [1.29, 1.82) is 0 Å². The Balaban J connectivity index is 1.79. The van der Waals surface area contributed by atoms with Gasteiger partial charge in [-0.1, -0.05) is 66.6 Å². The highest BCUT2D eigenvalue weighted by molar-refractivity contribution is 5.83. The summed E-state index contributed by atoms with van der Waals surface area (Å²) in [6.45, 7) is 2.08. The highest BCUT2D eigenvalue weighted by Crippen LogP contribution is 2.27. The molecular formula is C24H18O. The predicted octanol–water partition coefficient (Wildman–Crippen LogP) is 5.73. The number of fused-ring (bicyclic) bond motifs is 1. The van der Waals surface area contributed by atoms with Crippen LogP contribution in [0.2, 0.25) is 0 Å². The summed E-state index contributed by atoms with van der Waals surface area (Å²) in [7, 11) is 0. The van der Waals surface area contributed by atoms with Crippen molar-refractivity contribution in [2.45, 2.75) is 13.3 Å². The van der Waals surface area contributed by atoms with Crippen molar-refractivity contribution < 1.29 is 4.42 Å². The first kappa shape index (κ1) is 15.3. The van der Waals surface area contributed by atoms with E-state index in [1.807, 2.05) is 36.4 Å². The van der Waals surface area contributed by atoms with E-state index < -0.39 is 0 Å². The summed E-state index contributed by atoms with van der Waals surface area (Å²) in [6.07, 6.45) is 0.815. The van der Waals surface area contributed by atoms with E-state index >= 15 is 0 Å². The molecule has 4 rings (SSSR count). The summed E-state index contributed by atoms with van der Waals surface area (Å²) in [5, 5.41) is 1.14. The summed E-state index contributed by atoms with van der Waals surface area (Å²) >= 11 is 0. The van der Waals surface area contributed by atoms with Crippen LogP contribution in [0.3, 0.4) is 0 Å². The van der Waals surface area contributed by atoms with Crippen LogP contribution in [0.5, 0.6) is 0 Å². The Morgan fingerprint density at radius 3 is 2.44 bits per heavy atom. The Hall–Kier alpha value is -3.24. The second-order valence-electron chi connectivity index (χ2n) is 6.19. The van der Waals surface area contributed by atoms with Gasteiger partial charge < -0.3 is 4.42 Å². The fraction of sp³-hybridized carbons (Fsp3) is 0.0833. The van der Waals surface area contributed by atoms with Crippen LogP contribution in [0.1, 0.15) is 28.0 Å². The van der Waals surface area contributed by atoms with E-state index in [2.05, 4.69) is 61.2 Å². The molecule has 0 radical (unpaired) electrons. The SMILES string of the molecule is Cc1cccc(C#Cc2oc3ccccc3c2Cc2ccccc2)c1. The lowest BCUT2D eigenvalue weighted by molar-refractivity contribution is 0.597. The number of furan rings is 1. The topological polar surface area (TPSA) is 13.1 Å². The van der Waals surface area contributed by atoms with Crippen LogP contribution in [-0.2, 0) is 6.42 Å². The van der Waals surface area contributed by atoms with Crippen molar-refractivity contribution in [2.75, 3.05) is 0 Å². The first-order chi connectivity index (χ1) is 12.3. The second kappa shape index (κ2) is 6.71. The number of para-hydroxylation sites is 1. The average Bonchev–Trinajstić information content (AvgIpc) is 2.99. The van der Waals surface area contributed by atoms with E-state index in [0.29, 0.717) is 0 Å². The van der Waals surface area contributed by atoms with Crippen LogP contribution in [0.25, 0.3) is 11.0 Å². The molecule has 1 aromatic heterocycles. The van der Waals surface area contributed by atoms with E-state index in [1.54, 1.807) is 0 Å². The zero-order chi connectivity index (χ0) is 17.1. The lowest BCUT2D eigenvalue weighted by atomic mass is 10.0. The van der Waals surface area contributed by atoms with Crippen LogP contribution < -0.4 is 0 Å². The van der Waals surface area contributed by atoms with Crippen molar-refractivity contribution in [3.05, 3.63) is 107 Å². The molecule has 3 aromatic carbocycles. The van der Waals surface area contributed by atoms with Gasteiger partial charge in [-0.25, -0.2) is 0 Å². The molecule has 0 aliphatic heterocycles. The Labute approximate surface area is 147 Å². The molecule has 25 heavy (non-hydrogen) atoms. The van der Waals surface area contributed by atoms with Gasteiger partial charge in [0.05, 0.1) is 0 Å². The molecule has 0 amide bonds. The molecule has 0 saturated carbocycles. The van der Waals surface area contributed by atoms with E-state index in [9.17, 15) is 0 Å². The van der Waals surface area contributed by atoms with E-state index in [-0.39, 0.29) is 0 Å². The number of benzene rings is 3. The lowest BCUT2D eigenvalue weighted by Gasteiger charge is -2.00. The standard InChI is InChI=1S/C24H18O/c1-18-8-7-11-20(16-18)14-15-24-22(17-19-9-3-2-4-10-19)21-12-5-6-13-23(21)25-24/h2-13,16H,17H2,1H3. The Kier molecular flexibility index (Phi) is 4.11. The van der Waals surface area contributed by atoms with Crippen LogP contribution in [0.15, 0.2) is 83.3 Å². The van der Waals surface area contributed by atoms with Gasteiger partial charge in [0.1, 0.15) is 5.58 Å². The third kappa shape index (κ3) is 3.34. The second-order valence-corrected chi connectivity index (χ2v) is 6.19. The highest BCUT2D eigenvalue weighted by Gasteiger charge is 2.12. The van der Waals surface area contributed by atoms with Gasteiger partial charge in [0, 0.05) is 22.9 Å². The van der Waals surface area contributed by atoms with Crippen LogP contribution in [0.4, 0.5) is 0 Å². The van der Waals surface area contributed by atoms with Gasteiger partial charge in [0.25, 0.3) is 0 Å². The van der Waals surface area contributed by atoms with Gasteiger partial charge >= 0.3 is 0 Å². The number of hydrogen-bond acceptors (Lipinski definition) is 1. The van der Waals surface area contributed by atoms with Gasteiger partial charge in [-0.05, 0) is 42.2 Å². The molecule has 0 spiro atoms. The Morgan fingerprint density at radius 2 is 1.60 bits per heavy atom. The zero-order valence-corrected chi connectivity index (χ0v) is 14.1. The summed E-state index contributed by atoms with van der Waals surface area (Å²) in [5.41, 5.74) is 5.52. The smallest absolute Gasteiger partial charge is 0.182 e. The molecule has 0 atom stereocenters. The lowest BCUT2D eigenvalue weighted by Crippen LogP contribution is -1.89. The first-order valence-corrected chi connectivity index (χ1v) is 8.42. The Morgan fingerprint density at radius 1 is 0.800 bits per heavy atom. The Bertz CT molecular complexity index is 1080. The molecular weight excluding hydrogens is 304 g/mol. The summed E-state index contributed by atoms with van der Waals surface area (Å²) in [6, 6.07) is 26.8. The maximum Gasteiger partial charge on any atom is 0.182 e. The fourth-order valence-electron chi connectivity index (χ4n) is 3.03. The van der Waals surface area contributed by atoms with Gasteiger partial charge in [-0.15, -0.1) is 0 Å². The molecule has 0 aliphatic carbocycles. The van der Waals surface area contributed by atoms with Gasteiger partial charge in [-0.3, -0.25) is 0 Å². The van der Waals surface area contributed by atoms with Crippen molar-refractivity contribution >= 4 is 11.0 Å². The van der Waals surface area contributed by atoms with Crippen LogP contribution >= 0.6 is 0 Å². The molecule has 1 heterocycles. The van der Waals surface area contributed by atoms with Crippen molar-refractivity contribution in [3.63, 3.8) is 0 Å². The predicted molar refractivity (Wildman–Crippen MR) is 103 cm³/mol. The van der Waals surface area contributed by atoms with Crippen LogP contribution in [-0.4, -0.2) is 0 Å². The molecule has 0 N–H and O–H groups in total. The van der Waals surface area contributed by atoms with Crippen molar-refractivity contribution in [1.82, 2.24) is 0 Å². The molecule has 0 fully saturated rings. The normalized spacial score (nSPS) is 10.4. The summed E-state index contributed by atoms with van der Waals surface area (Å²) in [4.78, 5) is 0. The van der Waals surface area contributed by atoms with E-state index in [4.69, 9.17) is 4.42 Å². The van der Waals surface area contributed by atoms with Crippen molar-refractivity contribution in [3.8, 4) is 11.8 Å².